The first-order valence-electron chi connectivity index (χ1n) is 6.33. The number of nitrogens with zero attached hydrogens (tertiary/aromatic N) is 1. The molecule has 0 aliphatic heterocycles. The maximum atomic E-state index is 11.7. The number of carbonyl (C=O) groups excluding carboxylic acids is 1. The van der Waals surface area contributed by atoms with Gasteiger partial charge in [-0.15, -0.1) is 0 Å². The normalized spacial score (nSPS) is 11.8. The van der Waals surface area contributed by atoms with Crippen molar-refractivity contribution in [3.63, 3.8) is 0 Å². The molecular weight excluding hydrogens is 262 g/mol. The predicted octanol–water partition coefficient (Wildman–Crippen LogP) is 1.93. The van der Waals surface area contributed by atoms with Gasteiger partial charge >= 0.3 is 5.69 Å². The van der Waals surface area contributed by atoms with E-state index in [0.717, 1.165) is 6.42 Å². The lowest BCUT2D eigenvalue weighted by Gasteiger charge is -2.11. The Morgan fingerprint density at radius 1 is 1.50 bits per heavy atom. The van der Waals surface area contributed by atoms with E-state index < -0.39 is 4.92 Å². The van der Waals surface area contributed by atoms with Crippen LogP contribution in [0, 0.1) is 10.1 Å². The minimum Gasteiger partial charge on any atom is -0.490 e. The summed E-state index contributed by atoms with van der Waals surface area (Å²) in [4.78, 5) is 22.0. The lowest BCUT2D eigenvalue weighted by molar-refractivity contribution is -0.385. The summed E-state index contributed by atoms with van der Waals surface area (Å²) in [5.74, 6) is -0.0875. The second kappa shape index (κ2) is 7.44. The van der Waals surface area contributed by atoms with Gasteiger partial charge in [0.05, 0.1) is 18.6 Å². The standard InChI is InChI=1S/C13H19N3O4/c1-4-9(2)14-8-13(17)15-10-5-6-12(20-3)11(7-10)16(18)19/h5-7,9,14H,4,8H2,1-3H3,(H,15,17). The van der Waals surface area contributed by atoms with E-state index in [1.807, 2.05) is 13.8 Å². The minimum absolute atomic E-state index is 0.158. The number of nitro benzene ring substituents is 1. The molecule has 0 bridgehead atoms. The van der Waals surface area contributed by atoms with Crippen LogP contribution in [0.4, 0.5) is 11.4 Å². The molecule has 2 N–H and O–H groups in total. The molecule has 7 heteroatoms. The third-order valence-electron chi connectivity index (χ3n) is 2.88. The van der Waals surface area contributed by atoms with Gasteiger partial charge in [0.1, 0.15) is 0 Å². The molecule has 0 radical (unpaired) electrons. The second-order valence-electron chi connectivity index (χ2n) is 4.38. The van der Waals surface area contributed by atoms with Crippen molar-refractivity contribution in [1.82, 2.24) is 5.32 Å². The monoisotopic (exact) mass is 281 g/mol. The first kappa shape index (κ1) is 15.9. The Labute approximate surface area is 117 Å². The van der Waals surface area contributed by atoms with Gasteiger partial charge in [-0.05, 0) is 25.5 Å². The highest BCUT2D eigenvalue weighted by Gasteiger charge is 2.16. The fourth-order valence-corrected chi connectivity index (χ4v) is 1.53. The van der Waals surface area contributed by atoms with Crippen molar-refractivity contribution in [1.29, 1.82) is 0 Å². The maximum Gasteiger partial charge on any atom is 0.312 e. The van der Waals surface area contributed by atoms with E-state index >= 15 is 0 Å². The summed E-state index contributed by atoms with van der Waals surface area (Å²) in [6.45, 7) is 4.16. The highest BCUT2D eigenvalue weighted by molar-refractivity contribution is 5.92. The van der Waals surface area contributed by atoms with Crippen LogP contribution < -0.4 is 15.4 Å². The Bertz CT molecular complexity index is 491. The molecule has 0 fully saturated rings. The van der Waals surface area contributed by atoms with Crippen LogP contribution >= 0.6 is 0 Å². The number of anilines is 1. The number of hydrogen-bond acceptors (Lipinski definition) is 5. The van der Waals surface area contributed by atoms with Crippen LogP contribution in [0.25, 0.3) is 0 Å². The summed E-state index contributed by atoms with van der Waals surface area (Å²) in [6, 6.07) is 4.54. The first-order chi connectivity index (χ1) is 9.47. The zero-order valence-electron chi connectivity index (χ0n) is 11.8. The minimum atomic E-state index is -0.550. The molecule has 0 aliphatic rings. The SMILES string of the molecule is CCC(C)NCC(=O)Nc1ccc(OC)c([N+](=O)[O-])c1. The molecule has 0 aromatic heterocycles. The quantitative estimate of drug-likeness (QED) is 0.588. The van der Waals surface area contributed by atoms with Crippen LogP contribution in [0.5, 0.6) is 5.75 Å². The van der Waals surface area contributed by atoms with E-state index in [1.165, 1.54) is 19.2 Å². The number of ether oxygens (including phenoxy) is 1. The third-order valence-corrected chi connectivity index (χ3v) is 2.88. The van der Waals surface area contributed by atoms with Gasteiger partial charge in [-0.1, -0.05) is 6.92 Å². The summed E-state index contributed by atoms with van der Waals surface area (Å²) in [7, 11) is 1.36. The lowest BCUT2D eigenvalue weighted by atomic mass is 10.2. The Kier molecular flexibility index (Phi) is 5.92. The molecule has 20 heavy (non-hydrogen) atoms. The highest BCUT2D eigenvalue weighted by Crippen LogP contribution is 2.29. The van der Waals surface area contributed by atoms with Crippen LogP contribution in [0.15, 0.2) is 18.2 Å². The van der Waals surface area contributed by atoms with Crippen molar-refractivity contribution < 1.29 is 14.5 Å². The molecule has 1 aromatic carbocycles. The molecular formula is C13H19N3O4. The maximum absolute atomic E-state index is 11.7. The number of rotatable bonds is 7. The molecule has 1 aromatic rings. The van der Waals surface area contributed by atoms with Gasteiger partial charge in [-0.3, -0.25) is 14.9 Å². The number of hydrogen-bond donors (Lipinski definition) is 2. The number of methoxy groups -OCH3 is 1. The average Bonchev–Trinajstić information content (AvgIpc) is 2.44. The highest BCUT2D eigenvalue weighted by atomic mass is 16.6. The zero-order chi connectivity index (χ0) is 15.1. The van der Waals surface area contributed by atoms with E-state index in [9.17, 15) is 14.9 Å². The number of amides is 1. The summed E-state index contributed by atoms with van der Waals surface area (Å²) in [6.07, 6.45) is 0.918. The Balaban J connectivity index is 2.71. The predicted molar refractivity (Wildman–Crippen MR) is 76.0 cm³/mol. The van der Waals surface area contributed by atoms with Crippen LogP contribution in [0.3, 0.4) is 0 Å². The average molecular weight is 281 g/mol. The molecule has 1 rings (SSSR count). The van der Waals surface area contributed by atoms with Crippen molar-refractivity contribution in [2.75, 3.05) is 19.0 Å². The molecule has 0 saturated heterocycles. The fraction of sp³-hybridized carbons (Fsp3) is 0.462. The van der Waals surface area contributed by atoms with E-state index in [2.05, 4.69) is 10.6 Å². The van der Waals surface area contributed by atoms with Crippen LogP contribution in [-0.2, 0) is 4.79 Å². The lowest BCUT2D eigenvalue weighted by Crippen LogP contribution is -2.33. The molecule has 1 amide bonds. The van der Waals surface area contributed by atoms with Crippen molar-refractivity contribution in [3.8, 4) is 5.75 Å². The largest absolute Gasteiger partial charge is 0.490 e. The fourth-order valence-electron chi connectivity index (χ4n) is 1.53. The summed E-state index contributed by atoms with van der Waals surface area (Å²) < 4.78 is 4.89. The van der Waals surface area contributed by atoms with Crippen molar-refractivity contribution in [2.24, 2.45) is 0 Å². The second-order valence-corrected chi connectivity index (χ2v) is 4.38. The van der Waals surface area contributed by atoms with E-state index in [0.29, 0.717) is 5.69 Å². The van der Waals surface area contributed by atoms with Crippen molar-refractivity contribution in [3.05, 3.63) is 28.3 Å². The molecule has 0 spiro atoms. The van der Waals surface area contributed by atoms with Gasteiger partial charge in [0, 0.05) is 17.8 Å². The van der Waals surface area contributed by atoms with E-state index in [4.69, 9.17) is 4.74 Å². The Morgan fingerprint density at radius 2 is 2.20 bits per heavy atom. The van der Waals surface area contributed by atoms with E-state index in [1.54, 1.807) is 6.07 Å². The number of benzene rings is 1. The number of carbonyl (C=O) groups is 1. The summed E-state index contributed by atoms with van der Waals surface area (Å²) in [5.41, 5.74) is 0.189. The van der Waals surface area contributed by atoms with Crippen molar-refractivity contribution in [2.45, 2.75) is 26.3 Å². The molecule has 0 saturated carbocycles. The molecule has 1 unspecified atom stereocenters. The molecule has 110 valence electrons. The van der Waals surface area contributed by atoms with E-state index in [-0.39, 0.29) is 29.9 Å². The van der Waals surface area contributed by atoms with Gasteiger partial charge in [0.15, 0.2) is 5.75 Å². The molecule has 1 atom stereocenters. The first-order valence-corrected chi connectivity index (χ1v) is 6.33. The van der Waals surface area contributed by atoms with Crippen LogP contribution in [0.2, 0.25) is 0 Å². The molecule has 7 nitrogen and oxygen atoms in total. The third kappa shape index (κ3) is 4.51. The van der Waals surface area contributed by atoms with Gasteiger partial charge in [0.2, 0.25) is 5.91 Å². The smallest absolute Gasteiger partial charge is 0.312 e. The summed E-state index contributed by atoms with van der Waals surface area (Å²) in [5, 5.41) is 16.5. The zero-order valence-corrected chi connectivity index (χ0v) is 11.8. The topological polar surface area (TPSA) is 93.5 Å². The van der Waals surface area contributed by atoms with Gasteiger partial charge in [-0.2, -0.15) is 0 Å². The Hall–Kier alpha value is -2.15. The van der Waals surface area contributed by atoms with Gasteiger partial charge in [-0.25, -0.2) is 0 Å². The number of nitro groups is 1. The summed E-state index contributed by atoms with van der Waals surface area (Å²) >= 11 is 0. The number of nitrogens with one attached hydrogen (secondary N) is 2. The molecule has 0 heterocycles. The molecule has 0 aliphatic carbocycles. The van der Waals surface area contributed by atoms with Gasteiger partial charge in [0.25, 0.3) is 0 Å². The van der Waals surface area contributed by atoms with Gasteiger partial charge < -0.3 is 15.4 Å². The van der Waals surface area contributed by atoms with Crippen LogP contribution in [0.1, 0.15) is 20.3 Å². The van der Waals surface area contributed by atoms with Crippen LogP contribution in [-0.4, -0.2) is 30.5 Å². The Morgan fingerprint density at radius 3 is 2.75 bits per heavy atom. The van der Waals surface area contributed by atoms with Crippen molar-refractivity contribution >= 4 is 17.3 Å².